The zero-order valence-electron chi connectivity index (χ0n) is 15.9. The van der Waals surface area contributed by atoms with E-state index in [9.17, 15) is 9.59 Å². The SMILES string of the molecule is CCOC(=O)OC1CCN(CC2CN(c3ccc(C(=N)N)cc3)C(=O)O2)CC1. The van der Waals surface area contributed by atoms with E-state index < -0.39 is 6.16 Å². The number of nitrogens with two attached hydrogens (primary N) is 1. The van der Waals surface area contributed by atoms with Gasteiger partial charge in [0, 0.05) is 30.9 Å². The number of piperidine rings is 1. The third-order valence-electron chi connectivity index (χ3n) is 4.89. The Hall–Kier alpha value is -2.81. The number of hydrogen-bond donors (Lipinski definition) is 2. The highest BCUT2D eigenvalue weighted by Gasteiger charge is 2.34. The predicted octanol–water partition coefficient (Wildman–Crippen LogP) is 1.93. The number of carbonyl (C=O) groups excluding carboxylic acids is 2. The molecule has 2 saturated heterocycles. The number of cyclic esters (lactones) is 1. The van der Waals surface area contributed by atoms with Gasteiger partial charge in [0.25, 0.3) is 0 Å². The van der Waals surface area contributed by atoms with Gasteiger partial charge in [0.2, 0.25) is 0 Å². The minimum Gasteiger partial charge on any atom is -0.443 e. The predicted molar refractivity (Wildman–Crippen MR) is 103 cm³/mol. The second-order valence-electron chi connectivity index (χ2n) is 6.88. The van der Waals surface area contributed by atoms with E-state index in [1.54, 1.807) is 36.1 Å². The minimum absolute atomic E-state index is 0.0104. The van der Waals surface area contributed by atoms with Crippen LogP contribution in [0.4, 0.5) is 15.3 Å². The maximum absolute atomic E-state index is 12.2. The Morgan fingerprint density at radius 3 is 2.57 bits per heavy atom. The average Bonchev–Trinajstić information content (AvgIpc) is 3.03. The van der Waals surface area contributed by atoms with Gasteiger partial charge in [0.15, 0.2) is 0 Å². The van der Waals surface area contributed by atoms with E-state index in [-0.39, 0.29) is 24.1 Å². The van der Waals surface area contributed by atoms with Crippen molar-refractivity contribution < 1.29 is 23.8 Å². The highest BCUT2D eigenvalue weighted by molar-refractivity contribution is 5.96. The Morgan fingerprint density at radius 2 is 1.96 bits per heavy atom. The van der Waals surface area contributed by atoms with E-state index in [1.165, 1.54) is 0 Å². The van der Waals surface area contributed by atoms with Crippen molar-refractivity contribution >= 4 is 23.8 Å². The molecule has 2 aliphatic rings. The first-order valence-corrected chi connectivity index (χ1v) is 9.44. The molecule has 0 spiro atoms. The molecule has 1 unspecified atom stereocenters. The summed E-state index contributed by atoms with van der Waals surface area (Å²) in [6.07, 6.45) is 0.129. The molecule has 0 bridgehead atoms. The molecule has 0 radical (unpaired) electrons. The van der Waals surface area contributed by atoms with Crippen molar-refractivity contribution in [2.45, 2.75) is 32.0 Å². The molecule has 3 rings (SSSR count). The number of nitrogens with one attached hydrogen (secondary N) is 1. The molecule has 3 N–H and O–H groups in total. The molecule has 28 heavy (non-hydrogen) atoms. The number of carbonyl (C=O) groups is 2. The number of nitrogens with zero attached hydrogens (tertiary/aromatic N) is 2. The van der Waals surface area contributed by atoms with Crippen LogP contribution in [0.2, 0.25) is 0 Å². The van der Waals surface area contributed by atoms with Crippen molar-refractivity contribution in [3.05, 3.63) is 29.8 Å². The van der Waals surface area contributed by atoms with Gasteiger partial charge in [-0.25, -0.2) is 9.59 Å². The smallest absolute Gasteiger partial charge is 0.443 e. The number of benzene rings is 1. The summed E-state index contributed by atoms with van der Waals surface area (Å²) >= 11 is 0. The molecule has 0 aromatic heterocycles. The van der Waals surface area contributed by atoms with E-state index in [0.29, 0.717) is 25.3 Å². The number of ether oxygens (including phenoxy) is 3. The van der Waals surface area contributed by atoms with Gasteiger partial charge in [-0.2, -0.15) is 0 Å². The first-order valence-electron chi connectivity index (χ1n) is 9.44. The quantitative estimate of drug-likeness (QED) is 0.433. The second kappa shape index (κ2) is 8.92. The Morgan fingerprint density at radius 1 is 1.29 bits per heavy atom. The van der Waals surface area contributed by atoms with Gasteiger partial charge >= 0.3 is 12.2 Å². The lowest BCUT2D eigenvalue weighted by Gasteiger charge is -2.32. The summed E-state index contributed by atoms with van der Waals surface area (Å²) in [5.41, 5.74) is 6.79. The number of likely N-dealkylation sites (tertiary alicyclic amines) is 1. The van der Waals surface area contributed by atoms with Gasteiger partial charge < -0.3 is 19.9 Å². The van der Waals surface area contributed by atoms with Crippen LogP contribution in [-0.4, -0.2) is 68.0 Å². The molecule has 9 nitrogen and oxygen atoms in total. The summed E-state index contributed by atoms with van der Waals surface area (Å²) in [5.74, 6) is -0.0104. The maximum Gasteiger partial charge on any atom is 0.508 e. The van der Waals surface area contributed by atoms with Crippen molar-refractivity contribution in [3.63, 3.8) is 0 Å². The van der Waals surface area contributed by atoms with Gasteiger partial charge in [-0.15, -0.1) is 0 Å². The molecule has 9 heteroatoms. The number of hydrogen-bond acceptors (Lipinski definition) is 7. The molecule has 0 saturated carbocycles. The zero-order valence-corrected chi connectivity index (χ0v) is 15.9. The van der Waals surface area contributed by atoms with E-state index in [1.807, 2.05) is 0 Å². The monoisotopic (exact) mass is 390 g/mol. The summed E-state index contributed by atoms with van der Waals surface area (Å²) in [4.78, 5) is 27.4. The molecular formula is C19H26N4O5. The third kappa shape index (κ3) is 4.92. The van der Waals surface area contributed by atoms with Crippen molar-refractivity contribution in [2.75, 3.05) is 37.7 Å². The van der Waals surface area contributed by atoms with Crippen LogP contribution in [0.3, 0.4) is 0 Å². The Bertz CT molecular complexity index is 716. The highest BCUT2D eigenvalue weighted by atomic mass is 16.7. The molecule has 1 atom stereocenters. The normalized spacial score (nSPS) is 20.7. The molecule has 2 aliphatic heterocycles. The van der Waals surface area contributed by atoms with Gasteiger partial charge in [-0.05, 0) is 44.0 Å². The summed E-state index contributed by atoms with van der Waals surface area (Å²) in [6.45, 7) is 4.70. The zero-order chi connectivity index (χ0) is 20.1. The third-order valence-corrected chi connectivity index (χ3v) is 4.89. The summed E-state index contributed by atoms with van der Waals surface area (Å²) in [6, 6.07) is 6.95. The van der Waals surface area contributed by atoms with Gasteiger partial charge in [-0.3, -0.25) is 15.2 Å². The number of nitrogen functional groups attached to an aromatic ring is 1. The van der Waals surface area contributed by atoms with Crippen LogP contribution >= 0.6 is 0 Å². The lowest BCUT2D eigenvalue weighted by atomic mass is 10.1. The Labute approximate surface area is 163 Å². The number of anilines is 1. The van der Waals surface area contributed by atoms with Crippen LogP contribution in [-0.2, 0) is 14.2 Å². The molecular weight excluding hydrogens is 364 g/mol. The van der Waals surface area contributed by atoms with Crippen LogP contribution in [0.15, 0.2) is 24.3 Å². The average molecular weight is 390 g/mol. The van der Waals surface area contributed by atoms with E-state index >= 15 is 0 Å². The van der Waals surface area contributed by atoms with Crippen molar-refractivity contribution in [1.29, 1.82) is 5.41 Å². The van der Waals surface area contributed by atoms with Crippen LogP contribution in [0, 0.1) is 5.41 Å². The molecule has 152 valence electrons. The number of amidine groups is 1. The standard InChI is InChI=1S/C19H26N4O5/c1-2-26-19(25)28-15-7-9-22(10-8-15)11-16-12-23(18(24)27-16)14-5-3-13(4-6-14)17(20)21/h3-6,15-16H,2,7-12H2,1H3,(H3,20,21). The fourth-order valence-corrected chi connectivity index (χ4v) is 3.43. The summed E-state index contributed by atoms with van der Waals surface area (Å²) < 4.78 is 15.6. The highest BCUT2D eigenvalue weighted by Crippen LogP contribution is 2.23. The first kappa shape index (κ1) is 19.9. The van der Waals surface area contributed by atoms with Crippen LogP contribution < -0.4 is 10.6 Å². The summed E-state index contributed by atoms with van der Waals surface area (Å²) in [5, 5.41) is 7.44. The molecule has 0 aliphatic carbocycles. The van der Waals surface area contributed by atoms with Gasteiger partial charge in [0.1, 0.15) is 18.0 Å². The Balaban J connectivity index is 1.47. The lowest BCUT2D eigenvalue weighted by molar-refractivity contribution is -0.00295. The van der Waals surface area contributed by atoms with Crippen molar-refractivity contribution in [1.82, 2.24) is 4.90 Å². The van der Waals surface area contributed by atoms with Crippen molar-refractivity contribution in [3.8, 4) is 0 Å². The fraction of sp³-hybridized carbons (Fsp3) is 0.526. The van der Waals surface area contributed by atoms with E-state index in [2.05, 4.69) is 4.90 Å². The van der Waals surface area contributed by atoms with Crippen LogP contribution in [0.25, 0.3) is 0 Å². The number of rotatable bonds is 6. The van der Waals surface area contributed by atoms with Crippen LogP contribution in [0.1, 0.15) is 25.3 Å². The summed E-state index contributed by atoms with van der Waals surface area (Å²) in [7, 11) is 0. The molecule has 1 amide bonds. The largest absolute Gasteiger partial charge is 0.508 e. The topological polar surface area (TPSA) is 118 Å². The Kier molecular flexibility index (Phi) is 6.35. The van der Waals surface area contributed by atoms with E-state index in [4.69, 9.17) is 25.4 Å². The molecule has 2 heterocycles. The minimum atomic E-state index is -0.614. The fourth-order valence-electron chi connectivity index (χ4n) is 3.43. The number of amides is 1. The molecule has 1 aromatic rings. The second-order valence-corrected chi connectivity index (χ2v) is 6.88. The van der Waals surface area contributed by atoms with Gasteiger partial charge in [0.05, 0.1) is 13.2 Å². The molecule has 1 aromatic carbocycles. The molecule has 2 fully saturated rings. The van der Waals surface area contributed by atoms with E-state index in [0.717, 1.165) is 31.6 Å². The van der Waals surface area contributed by atoms with Crippen molar-refractivity contribution in [2.24, 2.45) is 5.73 Å². The first-order chi connectivity index (χ1) is 13.5. The maximum atomic E-state index is 12.2. The van der Waals surface area contributed by atoms with Crippen LogP contribution in [0.5, 0.6) is 0 Å². The van der Waals surface area contributed by atoms with Gasteiger partial charge in [-0.1, -0.05) is 0 Å². The lowest BCUT2D eigenvalue weighted by Crippen LogP contribution is -2.42.